The predicted molar refractivity (Wildman–Crippen MR) is 120 cm³/mol. The van der Waals surface area contributed by atoms with Gasteiger partial charge < -0.3 is 15.0 Å². The van der Waals surface area contributed by atoms with Crippen molar-refractivity contribution in [2.75, 3.05) is 29.9 Å². The molecule has 3 rings (SSSR count). The lowest BCUT2D eigenvalue weighted by Crippen LogP contribution is -2.46. The van der Waals surface area contributed by atoms with Gasteiger partial charge in [-0.05, 0) is 59.3 Å². The molecule has 1 saturated heterocycles. The highest BCUT2D eigenvalue weighted by molar-refractivity contribution is 7.90. The minimum Gasteiger partial charge on any atom is -0.380 e. The quantitative estimate of drug-likeness (QED) is 0.439. The van der Waals surface area contributed by atoms with Crippen LogP contribution in [0.3, 0.4) is 0 Å². The van der Waals surface area contributed by atoms with Crippen LogP contribution in [-0.2, 0) is 14.8 Å². The van der Waals surface area contributed by atoms with E-state index in [9.17, 15) is 26.0 Å². The maximum Gasteiger partial charge on any atom is 0.214 e. The number of nitrogens with zero attached hydrogens (tertiary/aromatic N) is 1. The normalized spacial score (nSPS) is 26.6. The zero-order valence-electron chi connectivity index (χ0n) is 19.4. The molecule has 188 valence electrons. The first-order valence-corrected chi connectivity index (χ1v) is 13.0. The van der Waals surface area contributed by atoms with Crippen LogP contribution in [0.2, 0.25) is 0 Å². The second-order valence-corrected chi connectivity index (χ2v) is 11.7. The third-order valence-electron chi connectivity index (χ3n) is 6.34. The molecular formula is C22H33F4N3O3S. The number of ether oxygens (including phenoxy) is 1. The molecule has 0 radical (unpaired) electrons. The Balaban J connectivity index is 1.66. The molecule has 0 aromatic heterocycles. The monoisotopic (exact) mass is 495 g/mol. The first-order valence-electron chi connectivity index (χ1n) is 11.4. The average Bonchev–Trinajstić information content (AvgIpc) is 2.72. The first-order chi connectivity index (χ1) is 15.4. The summed E-state index contributed by atoms with van der Waals surface area (Å²) in [7, 11) is -3.37. The van der Waals surface area contributed by atoms with Crippen LogP contribution in [-0.4, -0.2) is 51.6 Å². The highest BCUT2D eigenvalue weighted by Crippen LogP contribution is 2.36. The third-order valence-corrected chi connectivity index (χ3v) is 8.24. The van der Waals surface area contributed by atoms with Crippen LogP contribution in [0.1, 0.15) is 53.4 Å². The Morgan fingerprint density at radius 2 is 1.45 bits per heavy atom. The number of nitrogens with one attached hydrogen (secondary N) is 2. The second kappa shape index (κ2) is 10.4. The van der Waals surface area contributed by atoms with Crippen molar-refractivity contribution < 1.29 is 30.7 Å². The molecule has 1 aromatic carbocycles. The molecule has 1 aliphatic carbocycles. The summed E-state index contributed by atoms with van der Waals surface area (Å²) in [6, 6.07) is -0.186. The van der Waals surface area contributed by atoms with Crippen LogP contribution in [0.5, 0.6) is 0 Å². The van der Waals surface area contributed by atoms with Gasteiger partial charge in [-0.25, -0.2) is 30.7 Å². The van der Waals surface area contributed by atoms with Crippen molar-refractivity contribution in [3.63, 3.8) is 0 Å². The largest absolute Gasteiger partial charge is 0.380 e. The van der Waals surface area contributed by atoms with Crippen LogP contribution in [0.15, 0.2) is 0 Å². The lowest BCUT2D eigenvalue weighted by Gasteiger charge is -2.37. The van der Waals surface area contributed by atoms with Gasteiger partial charge in [-0.15, -0.1) is 0 Å². The molecule has 1 saturated carbocycles. The van der Waals surface area contributed by atoms with E-state index in [1.165, 1.54) is 4.90 Å². The maximum atomic E-state index is 14.8. The number of anilines is 2. The molecule has 1 aromatic rings. The lowest BCUT2D eigenvalue weighted by atomic mass is 9.86. The summed E-state index contributed by atoms with van der Waals surface area (Å²) >= 11 is 0. The second-order valence-electron chi connectivity index (χ2n) is 9.45. The average molecular weight is 496 g/mol. The summed E-state index contributed by atoms with van der Waals surface area (Å²) in [6.07, 6.45) is 1.73. The molecule has 2 N–H and O–H groups in total. The van der Waals surface area contributed by atoms with E-state index in [0.717, 1.165) is 0 Å². The van der Waals surface area contributed by atoms with Crippen LogP contribution < -0.4 is 14.9 Å². The molecule has 1 heterocycles. The maximum absolute atomic E-state index is 14.8. The zero-order valence-corrected chi connectivity index (χ0v) is 20.2. The zero-order chi connectivity index (χ0) is 24.5. The SMILES string of the molecule is CC(C)S(=O)(=O)NC1CCC(CNc2c(F)c(F)c(N3C[C@@H](C)O[C@@H](C)C3)c(F)c2F)CC1. The summed E-state index contributed by atoms with van der Waals surface area (Å²) in [6.45, 7) is 7.02. The third kappa shape index (κ3) is 5.92. The predicted octanol–water partition coefficient (Wildman–Crippen LogP) is 4.16. The van der Waals surface area contributed by atoms with E-state index < -0.39 is 49.9 Å². The Morgan fingerprint density at radius 1 is 0.939 bits per heavy atom. The van der Waals surface area contributed by atoms with Crippen molar-refractivity contribution in [3.8, 4) is 0 Å². The summed E-state index contributed by atoms with van der Waals surface area (Å²) < 4.78 is 91.4. The molecule has 1 aliphatic heterocycles. The van der Waals surface area contributed by atoms with Gasteiger partial charge in [0.15, 0.2) is 23.3 Å². The Morgan fingerprint density at radius 3 is 1.94 bits per heavy atom. The summed E-state index contributed by atoms with van der Waals surface area (Å²) in [5.74, 6) is -5.76. The highest BCUT2D eigenvalue weighted by Gasteiger charge is 2.33. The number of rotatable bonds is 7. The van der Waals surface area contributed by atoms with E-state index >= 15 is 0 Å². The van der Waals surface area contributed by atoms with Crippen molar-refractivity contribution in [3.05, 3.63) is 23.3 Å². The number of morpholine rings is 1. The van der Waals surface area contributed by atoms with Gasteiger partial charge in [0.05, 0.1) is 17.5 Å². The molecular weight excluding hydrogens is 462 g/mol. The fourth-order valence-electron chi connectivity index (χ4n) is 4.51. The Labute approximate surface area is 193 Å². The number of halogens is 4. The Hall–Kier alpha value is -1.59. The van der Waals surface area contributed by atoms with Gasteiger partial charge >= 0.3 is 0 Å². The Kier molecular flexibility index (Phi) is 8.16. The highest BCUT2D eigenvalue weighted by atomic mass is 32.2. The Bertz CT molecular complexity index is 914. The fraction of sp³-hybridized carbons (Fsp3) is 0.727. The molecule has 0 amide bonds. The molecule has 6 nitrogen and oxygen atoms in total. The van der Waals surface area contributed by atoms with Crippen molar-refractivity contribution in [2.45, 2.75) is 76.9 Å². The molecule has 2 fully saturated rings. The van der Waals surface area contributed by atoms with E-state index in [2.05, 4.69) is 10.0 Å². The van der Waals surface area contributed by atoms with E-state index in [1.807, 2.05) is 0 Å². The van der Waals surface area contributed by atoms with Gasteiger partial charge in [-0.3, -0.25) is 0 Å². The smallest absolute Gasteiger partial charge is 0.214 e. The van der Waals surface area contributed by atoms with Crippen molar-refractivity contribution in [1.29, 1.82) is 0 Å². The van der Waals surface area contributed by atoms with Crippen LogP contribution >= 0.6 is 0 Å². The molecule has 11 heteroatoms. The number of hydrogen-bond acceptors (Lipinski definition) is 5. The van der Waals surface area contributed by atoms with Gasteiger partial charge in [0.25, 0.3) is 0 Å². The van der Waals surface area contributed by atoms with Crippen molar-refractivity contribution in [1.82, 2.24) is 4.72 Å². The molecule has 33 heavy (non-hydrogen) atoms. The number of sulfonamides is 1. The van der Waals surface area contributed by atoms with E-state index in [1.54, 1.807) is 27.7 Å². The van der Waals surface area contributed by atoms with Crippen LogP contribution in [0.25, 0.3) is 0 Å². The van der Waals surface area contributed by atoms with Crippen LogP contribution in [0.4, 0.5) is 28.9 Å². The van der Waals surface area contributed by atoms with E-state index in [4.69, 9.17) is 4.74 Å². The van der Waals surface area contributed by atoms with E-state index in [-0.39, 0.29) is 43.8 Å². The number of hydrogen-bond donors (Lipinski definition) is 2. The molecule has 2 atom stereocenters. The molecule has 2 aliphatic rings. The summed E-state index contributed by atoms with van der Waals surface area (Å²) in [5.41, 5.74) is -1.53. The van der Waals surface area contributed by atoms with Gasteiger partial charge in [-0.2, -0.15) is 0 Å². The van der Waals surface area contributed by atoms with Gasteiger partial charge in [0.1, 0.15) is 11.4 Å². The lowest BCUT2D eigenvalue weighted by molar-refractivity contribution is -0.00566. The van der Waals surface area contributed by atoms with Crippen LogP contribution in [0, 0.1) is 29.2 Å². The minimum atomic E-state index is -3.37. The molecule has 0 spiro atoms. The summed E-state index contributed by atoms with van der Waals surface area (Å²) in [5, 5.41) is 2.02. The van der Waals surface area contributed by atoms with Crippen molar-refractivity contribution >= 4 is 21.4 Å². The van der Waals surface area contributed by atoms with Gasteiger partial charge in [0, 0.05) is 25.7 Å². The van der Waals surface area contributed by atoms with Gasteiger partial charge in [0.2, 0.25) is 10.0 Å². The van der Waals surface area contributed by atoms with Gasteiger partial charge in [-0.1, -0.05) is 0 Å². The fourth-order valence-corrected chi connectivity index (χ4v) is 5.49. The standard InChI is InChI=1S/C22H33F4N3O3S/c1-12(2)33(30,31)28-16-7-5-15(6-8-16)9-27-21-17(23)19(25)22(20(26)18(21)24)29-10-13(3)32-14(4)11-29/h12-16,27-28H,5-11H2,1-4H3/t13-,14+,15?,16?. The molecule has 0 unspecified atom stereocenters. The minimum absolute atomic E-state index is 0.00431. The van der Waals surface area contributed by atoms with Crippen molar-refractivity contribution in [2.24, 2.45) is 5.92 Å². The molecule has 0 bridgehead atoms. The topological polar surface area (TPSA) is 70.7 Å². The van der Waals surface area contributed by atoms with E-state index in [0.29, 0.717) is 25.7 Å². The number of benzene rings is 1. The first kappa shape index (κ1) is 26.0. The summed E-state index contributed by atoms with van der Waals surface area (Å²) in [4.78, 5) is 1.28.